The third-order valence-corrected chi connectivity index (χ3v) is 3.83. The van der Waals surface area contributed by atoms with E-state index in [0.717, 1.165) is 6.07 Å². The quantitative estimate of drug-likeness (QED) is 0.725. The predicted molar refractivity (Wildman–Crippen MR) is 68.2 cm³/mol. The molecule has 1 rings (SSSR count). The number of benzene rings is 1. The van der Waals surface area contributed by atoms with Crippen LogP contribution in [0.5, 0.6) is 0 Å². The number of rotatable bonds is 7. The van der Waals surface area contributed by atoms with Gasteiger partial charge in [-0.15, -0.1) is 0 Å². The van der Waals surface area contributed by atoms with Gasteiger partial charge in [-0.05, 0) is 12.1 Å². The van der Waals surface area contributed by atoms with E-state index in [2.05, 4.69) is 5.32 Å². The lowest BCUT2D eigenvalue weighted by atomic mass is 10.3. The van der Waals surface area contributed by atoms with Gasteiger partial charge in [-0.1, -0.05) is 12.1 Å². The van der Waals surface area contributed by atoms with Crippen LogP contribution in [-0.2, 0) is 19.4 Å². The number of anilines is 1. The molecule has 21 heavy (non-hydrogen) atoms. The highest BCUT2D eigenvalue weighted by Gasteiger charge is 2.47. The average Bonchev–Trinajstić information content (AvgIpc) is 2.37. The second kappa shape index (κ2) is 6.76. The number of ether oxygens (including phenoxy) is 1. The molecule has 0 aliphatic rings. The Labute approximate surface area is 119 Å². The van der Waals surface area contributed by atoms with Gasteiger partial charge < -0.3 is 15.8 Å². The van der Waals surface area contributed by atoms with Crippen LogP contribution in [0, 0.1) is 0 Å². The van der Waals surface area contributed by atoms with E-state index in [4.69, 9.17) is 10.5 Å². The van der Waals surface area contributed by atoms with Crippen molar-refractivity contribution in [2.24, 2.45) is 5.73 Å². The van der Waals surface area contributed by atoms with Crippen LogP contribution < -0.4 is 11.1 Å². The number of halogens is 3. The van der Waals surface area contributed by atoms with Crippen molar-refractivity contribution in [3.8, 4) is 0 Å². The van der Waals surface area contributed by atoms with E-state index in [1.165, 1.54) is 18.2 Å². The van der Waals surface area contributed by atoms with Gasteiger partial charge >= 0.3 is 5.51 Å². The number of carbonyl (C=O) groups is 1. The molecule has 0 saturated heterocycles. The topological polar surface area (TPSA) is 98.5 Å². The van der Waals surface area contributed by atoms with Gasteiger partial charge in [0.15, 0.2) is 0 Å². The molecule has 118 valence electrons. The van der Waals surface area contributed by atoms with Crippen molar-refractivity contribution in [1.29, 1.82) is 0 Å². The van der Waals surface area contributed by atoms with E-state index in [-0.39, 0.29) is 25.4 Å². The molecule has 0 unspecified atom stereocenters. The van der Waals surface area contributed by atoms with Crippen molar-refractivity contribution in [3.63, 3.8) is 0 Å². The maximum Gasteiger partial charge on any atom is 0.501 e. The number of nitrogens with one attached hydrogen (secondary N) is 1. The maximum atomic E-state index is 12.5. The number of hydrogen-bond acceptors (Lipinski definition) is 5. The SMILES string of the molecule is NC(=O)COCCNc1ccccc1S(=O)(=O)C(F)(F)F. The van der Waals surface area contributed by atoms with Crippen LogP contribution >= 0.6 is 0 Å². The van der Waals surface area contributed by atoms with E-state index in [0.29, 0.717) is 0 Å². The minimum Gasteiger partial charge on any atom is -0.382 e. The Morgan fingerprint density at radius 3 is 2.48 bits per heavy atom. The van der Waals surface area contributed by atoms with Crippen molar-refractivity contribution >= 4 is 21.4 Å². The Hall–Kier alpha value is -1.81. The summed E-state index contributed by atoms with van der Waals surface area (Å²) in [7, 11) is -5.44. The summed E-state index contributed by atoms with van der Waals surface area (Å²) in [6.07, 6.45) is 0. The van der Waals surface area contributed by atoms with Crippen LogP contribution in [0.3, 0.4) is 0 Å². The molecule has 6 nitrogen and oxygen atoms in total. The van der Waals surface area contributed by atoms with E-state index >= 15 is 0 Å². The fourth-order valence-electron chi connectivity index (χ4n) is 1.40. The number of carbonyl (C=O) groups excluding carboxylic acids is 1. The molecule has 0 aliphatic carbocycles. The molecule has 1 aromatic carbocycles. The number of para-hydroxylation sites is 1. The van der Waals surface area contributed by atoms with Crippen molar-refractivity contribution < 1.29 is 31.1 Å². The molecule has 0 fully saturated rings. The van der Waals surface area contributed by atoms with Gasteiger partial charge in [0, 0.05) is 6.54 Å². The first-order valence-electron chi connectivity index (χ1n) is 5.66. The van der Waals surface area contributed by atoms with Crippen LogP contribution in [0.25, 0.3) is 0 Å². The highest BCUT2D eigenvalue weighted by Crippen LogP contribution is 2.34. The molecule has 1 aromatic rings. The Morgan fingerprint density at radius 1 is 1.29 bits per heavy atom. The van der Waals surface area contributed by atoms with Crippen LogP contribution in [0.1, 0.15) is 0 Å². The summed E-state index contributed by atoms with van der Waals surface area (Å²) in [5, 5.41) is 2.51. The van der Waals surface area contributed by atoms with Gasteiger partial charge in [0.05, 0.1) is 17.2 Å². The summed E-state index contributed by atoms with van der Waals surface area (Å²) in [5.41, 5.74) is -0.752. The molecule has 1 amide bonds. The van der Waals surface area contributed by atoms with Crippen molar-refractivity contribution in [1.82, 2.24) is 0 Å². The number of amides is 1. The van der Waals surface area contributed by atoms with Crippen molar-refractivity contribution in [2.75, 3.05) is 25.1 Å². The fraction of sp³-hybridized carbons (Fsp3) is 0.364. The Morgan fingerprint density at radius 2 is 1.90 bits per heavy atom. The zero-order chi connectivity index (χ0) is 16.1. The van der Waals surface area contributed by atoms with Crippen LogP contribution in [0.4, 0.5) is 18.9 Å². The molecular weight excluding hydrogens is 313 g/mol. The first-order chi connectivity index (χ1) is 9.66. The van der Waals surface area contributed by atoms with Crippen LogP contribution in [0.15, 0.2) is 29.2 Å². The van der Waals surface area contributed by atoms with Crippen molar-refractivity contribution in [3.05, 3.63) is 24.3 Å². The first kappa shape index (κ1) is 17.2. The van der Waals surface area contributed by atoms with Gasteiger partial charge in [0.1, 0.15) is 6.61 Å². The average molecular weight is 326 g/mol. The molecule has 0 atom stereocenters. The largest absolute Gasteiger partial charge is 0.501 e. The predicted octanol–water partition coefficient (Wildman–Crippen LogP) is 0.894. The van der Waals surface area contributed by atoms with Gasteiger partial charge in [-0.3, -0.25) is 4.79 Å². The number of alkyl halides is 3. The Bertz CT molecular complexity index is 602. The Kier molecular flexibility index (Phi) is 5.55. The lowest BCUT2D eigenvalue weighted by Gasteiger charge is -2.14. The smallest absolute Gasteiger partial charge is 0.382 e. The van der Waals surface area contributed by atoms with E-state index in [1.54, 1.807) is 0 Å². The number of sulfone groups is 1. The van der Waals surface area contributed by atoms with E-state index < -0.39 is 26.1 Å². The molecule has 0 heterocycles. The van der Waals surface area contributed by atoms with Crippen LogP contribution in [0.2, 0.25) is 0 Å². The summed E-state index contributed by atoms with van der Waals surface area (Å²) in [4.78, 5) is 9.53. The van der Waals surface area contributed by atoms with Crippen LogP contribution in [-0.4, -0.2) is 39.6 Å². The summed E-state index contributed by atoms with van der Waals surface area (Å²) in [6.45, 7) is -0.342. The molecule has 0 aliphatic heterocycles. The van der Waals surface area contributed by atoms with Crippen molar-refractivity contribution in [2.45, 2.75) is 10.4 Å². The number of hydrogen-bond donors (Lipinski definition) is 2. The molecule has 0 saturated carbocycles. The lowest BCUT2D eigenvalue weighted by molar-refractivity contribution is -0.122. The number of primary amides is 1. The Balaban J connectivity index is 2.79. The van der Waals surface area contributed by atoms with Gasteiger partial charge in [0.2, 0.25) is 5.91 Å². The first-order valence-corrected chi connectivity index (χ1v) is 7.15. The molecule has 0 radical (unpaired) electrons. The highest BCUT2D eigenvalue weighted by atomic mass is 32.2. The van der Waals surface area contributed by atoms with Gasteiger partial charge in [-0.2, -0.15) is 13.2 Å². The molecular formula is C11H13F3N2O4S. The normalized spacial score (nSPS) is 12.1. The molecule has 0 spiro atoms. The van der Waals surface area contributed by atoms with Gasteiger partial charge in [0.25, 0.3) is 9.84 Å². The van der Waals surface area contributed by atoms with E-state index in [9.17, 15) is 26.4 Å². The zero-order valence-electron chi connectivity index (χ0n) is 10.7. The molecule has 10 heteroatoms. The molecule has 0 bridgehead atoms. The minimum absolute atomic E-state index is 0.0116. The molecule has 3 N–H and O–H groups in total. The second-order valence-corrected chi connectivity index (χ2v) is 5.80. The standard InChI is InChI=1S/C11H13F3N2O4S/c12-11(13,14)21(18,19)9-4-2-1-3-8(9)16-5-6-20-7-10(15)17/h1-4,16H,5-7H2,(H2,15,17). The molecule has 0 aromatic heterocycles. The summed E-state index contributed by atoms with van der Waals surface area (Å²) in [6, 6.07) is 4.64. The second-order valence-electron chi connectivity index (χ2n) is 3.89. The third kappa shape index (κ3) is 4.60. The summed E-state index contributed by atoms with van der Waals surface area (Å²) >= 11 is 0. The highest BCUT2D eigenvalue weighted by molar-refractivity contribution is 7.92. The fourth-order valence-corrected chi connectivity index (χ4v) is 2.34. The third-order valence-electron chi connectivity index (χ3n) is 2.29. The minimum atomic E-state index is -5.44. The lowest BCUT2D eigenvalue weighted by Crippen LogP contribution is -2.25. The van der Waals surface area contributed by atoms with E-state index in [1.807, 2.05) is 0 Å². The summed E-state index contributed by atoms with van der Waals surface area (Å²) in [5.74, 6) is -0.685. The number of nitrogens with two attached hydrogens (primary N) is 1. The maximum absolute atomic E-state index is 12.5. The van der Waals surface area contributed by atoms with Gasteiger partial charge in [-0.25, -0.2) is 8.42 Å². The zero-order valence-corrected chi connectivity index (χ0v) is 11.5. The monoisotopic (exact) mass is 326 g/mol. The summed E-state index contributed by atoms with van der Waals surface area (Å²) < 4.78 is 65.2.